The van der Waals surface area contributed by atoms with Crippen molar-refractivity contribution in [3.05, 3.63) is 47.4 Å². The quantitative estimate of drug-likeness (QED) is 0.574. The van der Waals surface area contributed by atoms with Crippen LogP contribution in [0.3, 0.4) is 0 Å². The highest BCUT2D eigenvalue weighted by Gasteiger charge is 2.66. The van der Waals surface area contributed by atoms with E-state index in [1.165, 1.54) is 6.92 Å². The molecule has 3 rings (SSSR count). The first-order valence-electron chi connectivity index (χ1n) is 10.4. The molecule has 1 saturated heterocycles. The second-order valence-electron chi connectivity index (χ2n) is 8.63. The summed E-state index contributed by atoms with van der Waals surface area (Å²) in [6.07, 6.45) is -5.84. The zero-order chi connectivity index (χ0) is 26.3. The van der Waals surface area contributed by atoms with Crippen molar-refractivity contribution in [3.8, 4) is 5.75 Å². The Morgan fingerprint density at radius 2 is 1.94 bits per heavy atom. The fourth-order valence-corrected chi connectivity index (χ4v) is 4.03. The monoisotopic (exact) mass is 507 g/mol. The number of nitrogens with one attached hydrogen (secondary N) is 1. The summed E-state index contributed by atoms with van der Waals surface area (Å²) in [4.78, 5) is 20.6. The Kier molecular flexibility index (Phi) is 7.06. The number of ether oxygens (including phenoxy) is 2. The van der Waals surface area contributed by atoms with Gasteiger partial charge in [0.25, 0.3) is 5.91 Å². The van der Waals surface area contributed by atoms with Crippen LogP contribution in [0.15, 0.2) is 24.5 Å². The highest BCUT2D eigenvalue weighted by molar-refractivity contribution is 5.94. The lowest BCUT2D eigenvalue weighted by molar-refractivity contribution is -0.272. The number of carbonyl (C=O) groups excluding carboxylic acids is 1. The number of methoxy groups -OCH3 is 1. The standard InChI is InChI=1S/C22H23F6N3O4/c1-10-15(11-5-6-12(24)16(25)17(11)34-4)18(35-21(10,3)22(26,27)28)19(32)31-14-7-13(29-9-30-14)20(2,33)8-23/h5-7,9-10,15,18,33H,8H2,1-4H3,(H,29,30,31,32)/t10-,15-,18+,20+,21+/m0/s1. The summed E-state index contributed by atoms with van der Waals surface area (Å²) >= 11 is 0. The van der Waals surface area contributed by atoms with E-state index < -0.39 is 65.3 Å². The molecule has 0 spiro atoms. The molecule has 0 radical (unpaired) electrons. The van der Waals surface area contributed by atoms with Crippen molar-refractivity contribution in [2.24, 2.45) is 5.92 Å². The van der Waals surface area contributed by atoms with Crippen molar-refractivity contribution in [2.75, 3.05) is 19.1 Å². The Hall–Kier alpha value is -2.93. The van der Waals surface area contributed by atoms with E-state index in [9.17, 15) is 36.2 Å². The molecular formula is C22H23F6N3O4. The SMILES string of the molecule is COc1c([C@H]2[C@H](C(=O)Nc3cc([C@](C)(O)CF)ncn3)O[C@@](C)(C(F)(F)F)[C@H]2C)ccc(F)c1F. The molecule has 2 N–H and O–H groups in total. The number of aromatic nitrogens is 2. The number of hydrogen-bond donors (Lipinski definition) is 2. The summed E-state index contributed by atoms with van der Waals surface area (Å²) in [5.74, 6) is -7.56. The van der Waals surface area contributed by atoms with Crippen LogP contribution in [0.4, 0.5) is 32.2 Å². The third-order valence-electron chi connectivity index (χ3n) is 6.30. The molecule has 1 amide bonds. The topological polar surface area (TPSA) is 93.6 Å². The lowest BCUT2D eigenvalue weighted by Gasteiger charge is -2.32. The van der Waals surface area contributed by atoms with Crippen LogP contribution in [0, 0.1) is 17.6 Å². The lowest BCUT2D eigenvalue weighted by atomic mass is 9.77. The smallest absolute Gasteiger partial charge is 0.417 e. The van der Waals surface area contributed by atoms with Crippen LogP contribution in [0.1, 0.15) is 37.9 Å². The van der Waals surface area contributed by atoms with Gasteiger partial charge in [-0.1, -0.05) is 13.0 Å². The minimum absolute atomic E-state index is 0.190. The summed E-state index contributed by atoms with van der Waals surface area (Å²) in [5, 5.41) is 12.3. The number of hydrogen-bond acceptors (Lipinski definition) is 6. The molecule has 5 atom stereocenters. The van der Waals surface area contributed by atoms with Gasteiger partial charge in [0, 0.05) is 23.5 Å². The van der Waals surface area contributed by atoms with E-state index in [-0.39, 0.29) is 17.1 Å². The van der Waals surface area contributed by atoms with E-state index in [1.54, 1.807) is 0 Å². The van der Waals surface area contributed by atoms with Gasteiger partial charge in [-0.05, 0) is 19.9 Å². The van der Waals surface area contributed by atoms with Crippen LogP contribution in [0.5, 0.6) is 5.75 Å². The van der Waals surface area contributed by atoms with Gasteiger partial charge in [0.15, 0.2) is 17.2 Å². The third-order valence-corrected chi connectivity index (χ3v) is 6.30. The second-order valence-corrected chi connectivity index (χ2v) is 8.63. The Morgan fingerprint density at radius 1 is 1.29 bits per heavy atom. The zero-order valence-corrected chi connectivity index (χ0v) is 19.1. The molecule has 0 unspecified atom stereocenters. The molecule has 192 valence electrons. The molecule has 0 aliphatic carbocycles. The minimum atomic E-state index is -4.92. The molecule has 7 nitrogen and oxygen atoms in total. The van der Waals surface area contributed by atoms with Crippen LogP contribution < -0.4 is 10.1 Å². The van der Waals surface area contributed by atoms with Gasteiger partial charge in [-0.2, -0.15) is 17.6 Å². The van der Waals surface area contributed by atoms with Crippen LogP contribution in [-0.2, 0) is 15.1 Å². The Bertz CT molecular complexity index is 1110. The Balaban J connectivity index is 2.06. The highest BCUT2D eigenvalue weighted by Crippen LogP contribution is 2.55. The lowest BCUT2D eigenvalue weighted by Crippen LogP contribution is -2.47. The maximum absolute atomic E-state index is 14.4. The van der Waals surface area contributed by atoms with Gasteiger partial charge in [-0.25, -0.2) is 18.7 Å². The van der Waals surface area contributed by atoms with Crippen molar-refractivity contribution in [2.45, 2.75) is 50.2 Å². The van der Waals surface area contributed by atoms with Crippen molar-refractivity contribution >= 4 is 11.7 Å². The van der Waals surface area contributed by atoms with Gasteiger partial charge in [-0.3, -0.25) is 4.79 Å². The van der Waals surface area contributed by atoms with Crippen molar-refractivity contribution < 1.29 is 45.7 Å². The summed E-state index contributed by atoms with van der Waals surface area (Å²) in [6.45, 7) is 1.85. The first-order chi connectivity index (χ1) is 16.2. The fourth-order valence-electron chi connectivity index (χ4n) is 4.03. The number of amides is 1. The number of aliphatic hydroxyl groups is 1. The number of rotatable bonds is 6. The molecule has 1 fully saturated rings. The average molecular weight is 507 g/mol. The fraction of sp³-hybridized carbons (Fsp3) is 0.500. The third kappa shape index (κ3) is 4.66. The molecule has 1 aromatic heterocycles. The summed E-state index contributed by atoms with van der Waals surface area (Å²) in [5.41, 5.74) is -5.22. The molecule has 35 heavy (non-hydrogen) atoms. The molecule has 2 heterocycles. The van der Waals surface area contributed by atoms with E-state index in [0.29, 0.717) is 6.07 Å². The maximum Gasteiger partial charge on any atom is 0.417 e. The number of benzene rings is 1. The predicted octanol–water partition coefficient (Wildman–Crippen LogP) is 4.02. The van der Waals surface area contributed by atoms with Crippen LogP contribution in [0.2, 0.25) is 0 Å². The normalized spacial score (nSPS) is 26.3. The van der Waals surface area contributed by atoms with Crippen molar-refractivity contribution in [1.82, 2.24) is 9.97 Å². The van der Waals surface area contributed by atoms with E-state index in [1.807, 2.05) is 0 Å². The van der Waals surface area contributed by atoms with Crippen LogP contribution in [0.25, 0.3) is 0 Å². The van der Waals surface area contributed by atoms with Gasteiger partial charge in [0.2, 0.25) is 5.82 Å². The summed E-state index contributed by atoms with van der Waals surface area (Å²) < 4.78 is 93.4. The van der Waals surface area contributed by atoms with E-state index >= 15 is 0 Å². The first-order valence-corrected chi connectivity index (χ1v) is 10.4. The number of halogens is 6. The molecule has 1 aliphatic rings. The Labute approximate surface area is 196 Å². The van der Waals surface area contributed by atoms with E-state index in [2.05, 4.69) is 15.3 Å². The molecular weight excluding hydrogens is 484 g/mol. The predicted molar refractivity (Wildman–Crippen MR) is 110 cm³/mol. The van der Waals surface area contributed by atoms with E-state index in [4.69, 9.17) is 9.47 Å². The number of anilines is 1. The van der Waals surface area contributed by atoms with E-state index in [0.717, 1.165) is 39.4 Å². The zero-order valence-electron chi connectivity index (χ0n) is 19.1. The van der Waals surface area contributed by atoms with Gasteiger partial charge < -0.3 is 19.9 Å². The summed E-state index contributed by atoms with van der Waals surface area (Å²) in [6, 6.07) is 2.80. The number of alkyl halides is 4. The molecule has 0 saturated carbocycles. The molecule has 2 aromatic rings. The van der Waals surface area contributed by atoms with Crippen LogP contribution >= 0.6 is 0 Å². The Morgan fingerprint density at radius 3 is 2.51 bits per heavy atom. The minimum Gasteiger partial charge on any atom is -0.493 e. The van der Waals surface area contributed by atoms with Gasteiger partial charge in [-0.15, -0.1) is 0 Å². The average Bonchev–Trinajstić information content (AvgIpc) is 3.07. The molecule has 0 bridgehead atoms. The van der Waals surface area contributed by atoms with Crippen molar-refractivity contribution in [1.29, 1.82) is 0 Å². The molecule has 1 aromatic carbocycles. The highest BCUT2D eigenvalue weighted by atomic mass is 19.4. The van der Waals surface area contributed by atoms with Gasteiger partial charge in [0.05, 0.1) is 12.8 Å². The van der Waals surface area contributed by atoms with Gasteiger partial charge >= 0.3 is 6.18 Å². The largest absolute Gasteiger partial charge is 0.493 e. The van der Waals surface area contributed by atoms with Gasteiger partial charge in [0.1, 0.15) is 30.5 Å². The molecule has 13 heteroatoms. The van der Waals surface area contributed by atoms with Crippen molar-refractivity contribution in [3.63, 3.8) is 0 Å². The first kappa shape index (κ1) is 26.7. The number of carbonyl (C=O) groups is 1. The maximum atomic E-state index is 14.4. The second kappa shape index (κ2) is 9.26. The summed E-state index contributed by atoms with van der Waals surface area (Å²) in [7, 11) is 1.01. The number of nitrogens with zero attached hydrogens (tertiary/aromatic N) is 2. The molecule has 1 aliphatic heterocycles. The van der Waals surface area contributed by atoms with Crippen LogP contribution in [-0.4, -0.2) is 52.6 Å².